The Morgan fingerprint density at radius 2 is 2.24 bits per heavy atom. The van der Waals surface area contributed by atoms with E-state index in [1.807, 2.05) is 20.1 Å². The molecule has 94 valence electrons. The van der Waals surface area contributed by atoms with E-state index in [2.05, 4.69) is 15.3 Å². The summed E-state index contributed by atoms with van der Waals surface area (Å²) in [7, 11) is 0. The Bertz CT molecular complexity index is 385. The number of carboxylic acid groups (broad SMARTS) is 1. The van der Waals surface area contributed by atoms with Crippen LogP contribution in [0, 0.1) is 5.92 Å². The molecule has 6 heteroatoms. The Morgan fingerprint density at radius 1 is 1.53 bits per heavy atom. The molecule has 0 unspecified atom stereocenters. The molecule has 1 aromatic rings. The number of aromatic nitrogens is 2. The fourth-order valence-corrected chi connectivity index (χ4v) is 1.74. The van der Waals surface area contributed by atoms with Crippen molar-refractivity contribution in [2.45, 2.75) is 31.3 Å². The highest BCUT2D eigenvalue weighted by molar-refractivity contribution is 7.98. The summed E-state index contributed by atoms with van der Waals surface area (Å²) in [5.74, 6) is -0.0553. The van der Waals surface area contributed by atoms with Gasteiger partial charge < -0.3 is 10.4 Å². The minimum atomic E-state index is -0.866. The fraction of sp³-hybridized carbons (Fsp3) is 0.545. The highest BCUT2D eigenvalue weighted by Crippen LogP contribution is 2.15. The summed E-state index contributed by atoms with van der Waals surface area (Å²) < 4.78 is 0. The predicted molar refractivity (Wildman–Crippen MR) is 68.3 cm³/mol. The van der Waals surface area contributed by atoms with Crippen LogP contribution >= 0.6 is 11.8 Å². The molecule has 5 nitrogen and oxygen atoms in total. The van der Waals surface area contributed by atoms with Crippen LogP contribution in [-0.2, 0) is 4.79 Å². The van der Waals surface area contributed by atoms with Crippen molar-refractivity contribution < 1.29 is 9.90 Å². The monoisotopic (exact) mass is 255 g/mol. The van der Waals surface area contributed by atoms with E-state index in [-0.39, 0.29) is 0 Å². The van der Waals surface area contributed by atoms with Gasteiger partial charge in [0.25, 0.3) is 0 Å². The highest BCUT2D eigenvalue weighted by Gasteiger charge is 2.19. The molecule has 0 aliphatic heterocycles. The van der Waals surface area contributed by atoms with Crippen molar-refractivity contribution in [1.82, 2.24) is 9.97 Å². The van der Waals surface area contributed by atoms with Crippen molar-refractivity contribution in [2.75, 3.05) is 11.6 Å². The maximum absolute atomic E-state index is 11.1. The molecule has 0 saturated heterocycles. The quantitative estimate of drug-likeness (QED) is 0.758. The predicted octanol–water partition coefficient (Wildman–Crippen LogP) is 2.11. The molecule has 1 rings (SSSR count). The minimum absolute atomic E-state index is 0.306. The molecule has 0 bridgehead atoms. The van der Waals surface area contributed by atoms with Crippen molar-refractivity contribution in [2.24, 2.45) is 5.92 Å². The number of thioether (sulfide) groups is 1. The van der Waals surface area contributed by atoms with Gasteiger partial charge in [-0.3, -0.25) is 4.98 Å². The molecule has 0 aliphatic rings. The molecule has 0 aromatic carbocycles. The second-order valence-electron chi connectivity index (χ2n) is 4.11. The lowest BCUT2D eigenvalue weighted by molar-refractivity contribution is -0.138. The van der Waals surface area contributed by atoms with Gasteiger partial charge in [-0.05, 0) is 18.6 Å². The number of carboxylic acids is 1. The van der Waals surface area contributed by atoms with Crippen molar-refractivity contribution >= 4 is 23.5 Å². The summed E-state index contributed by atoms with van der Waals surface area (Å²) in [6.07, 6.45) is 5.64. The number of nitrogens with zero attached hydrogens (tertiary/aromatic N) is 2. The van der Waals surface area contributed by atoms with Crippen LogP contribution in [0.3, 0.4) is 0 Å². The zero-order chi connectivity index (χ0) is 12.8. The van der Waals surface area contributed by atoms with Gasteiger partial charge in [-0.2, -0.15) is 0 Å². The van der Waals surface area contributed by atoms with E-state index >= 15 is 0 Å². The van der Waals surface area contributed by atoms with Gasteiger partial charge in [0.15, 0.2) is 0 Å². The first-order chi connectivity index (χ1) is 8.02. The number of hydrogen-bond acceptors (Lipinski definition) is 5. The lowest BCUT2D eigenvalue weighted by atomic mass is 10.0. The summed E-state index contributed by atoms with van der Waals surface area (Å²) in [4.78, 5) is 19.3. The van der Waals surface area contributed by atoms with Crippen LogP contribution in [0.4, 0.5) is 5.82 Å². The van der Waals surface area contributed by atoms with E-state index in [0.29, 0.717) is 18.2 Å². The molecule has 0 aliphatic carbocycles. The Morgan fingerprint density at radius 3 is 2.76 bits per heavy atom. The SMILES string of the molecule is CSc1cncc(N[C@H](CC(C)C)C(=O)O)n1. The first kappa shape index (κ1) is 13.8. The van der Waals surface area contributed by atoms with Crippen LogP contribution in [0.15, 0.2) is 17.4 Å². The zero-order valence-corrected chi connectivity index (χ0v) is 11.0. The van der Waals surface area contributed by atoms with Crippen LogP contribution < -0.4 is 5.32 Å². The minimum Gasteiger partial charge on any atom is -0.480 e. The maximum atomic E-state index is 11.1. The van der Waals surface area contributed by atoms with Gasteiger partial charge in [-0.15, -0.1) is 11.8 Å². The molecule has 1 atom stereocenters. The highest BCUT2D eigenvalue weighted by atomic mass is 32.2. The number of nitrogens with one attached hydrogen (secondary N) is 1. The first-order valence-corrected chi connectivity index (χ1v) is 6.60. The molecule has 0 radical (unpaired) electrons. The average Bonchev–Trinajstić information content (AvgIpc) is 2.27. The van der Waals surface area contributed by atoms with Gasteiger partial charge in [-0.1, -0.05) is 13.8 Å². The average molecular weight is 255 g/mol. The van der Waals surface area contributed by atoms with Crippen LogP contribution in [-0.4, -0.2) is 33.3 Å². The summed E-state index contributed by atoms with van der Waals surface area (Å²) in [6.45, 7) is 3.98. The lowest BCUT2D eigenvalue weighted by Crippen LogP contribution is -2.31. The Labute approximate surface area is 105 Å². The second-order valence-corrected chi connectivity index (χ2v) is 4.94. The third kappa shape index (κ3) is 4.60. The number of hydrogen-bond donors (Lipinski definition) is 2. The van der Waals surface area contributed by atoms with Gasteiger partial charge in [0.2, 0.25) is 0 Å². The molecular formula is C11H17N3O2S. The topological polar surface area (TPSA) is 75.1 Å². The third-order valence-corrected chi connectivity index (χ3v) is 2.76. The van der Waals surface area contributed by atoms with Crippen LogP contribution in [0.2, 0.25) is 0 Å². The molecule has 0 amide bonds. The van der Waals surface area contributed by atoms with Crippen LogP contribution in [0.25, 0.3) is 0 Å². The fourth-order valence-electron chi connectivity index (χ4n) is 1.39. The van der Waals surface area contributed by atoms with Crippen LogP contribution in [0.5, 0.6) is 0 Å². The van der Waals surface area contributed by atoms with E-state index in [1.54, 1.807) is 6.20 Å². The summed E-state index contributed by atoms with van der Waals surface area (Å²) in [5, 5.41) is 12.8. The van der Waals surface area contributed by atoms with Crippen molar-refractivity contribution in [3.63, 3.8) is 0 Å². The van der Waals surface area contributed by atoms with Gasteiger partial charge >= 0.3 is 5.97 Å². The number of rotatable bonds is 6. The van der Waals surface area contributed by atoms with Gasteiger partial charge in [-0.25, -0.2) is 9.78 Å². The smallest absolute Gasteiger partial charge is 0.326 e. The van der Waals surface area contributed by atoms with Gasteiger partial charge in [0.1, 0.15) is 16.9 Å². The van der Waals surface area contributed by atoms with Crippen molar-refractivity contribution in [3.8, 4) is 0 Å². The number of anilines is 1. The first-order valence-electron chi connectivity index (χ1n) is 5.38. The Balaban J connectivity index is 2.74. The standard InChI is InChI=1S/C11H17N3O2S/c1-7(2)4-8(11(15)16)13-9-5-12-6-10(14-9)17-3/h5-8H,4H2,1-3H3,(H,13,14)(H,15,16)/t8-/m1/s1. The zero-order valence-electron chi connectivity index (χ0n) is 10.2. The molecule has 1 aromatic heterocycles. The maximum Gasteiger partial charge on any atom is 0.326 e. The van der Waals surface area contributed by atoms with Crippen molar-refractivity contribution in [3.05, 3.63) is 12.4 Å². The van der Waals surface area contributed by atoms with Crippen LogP contribution in [0.1, 0.15) is 20.3 Å². The van der Waals surface area contributed by atoms with Gasteiger partial charge in [0.05, 0.1) is 12.4 Å². The van der Waals surface area contributed by atoms with Gasteiger partial charge in [0, 0.05) is 0 Å². The normalized spacial score (nSPS) is 12.5. The number of carbonyl (C=O) groups is 1. The van der Waals surface area contributed by atoms with E-state index in [9.17, 15) is 4.79 Å². The number of aliphatic carboxylic acids is 1. The molecule has 17 heavy (non-hydrogen) atoms. The van der Waals surface area contributed by atoms with E-state index in [4.69, 9.17) is 5.11 Å². The van der Waals surface area contributed by atoms with E-state index in [0.717, 1.165) is 5.03 Å². The molecular weight excluding hydrogens is 238 g/mol. The Kier molecular flexibility index (Phi) is 5.21. The molecule has 1 heterocycles. The Hall–Kier alpha value is -1.30. The summed E-state index contributed by atoms with van der Waals surface area (Å²) in [5.41, 5.74) is 0. The largest absolute Gasteiger partial charge is 0.480 e. The molecule has 0 spiro atoms. The second kappa shape index (κ2) is 6.44. The molecule has 0 saturated carbocycles. The third-order valence-electron chi connectivity index (χ3n) is 2.15. The molecule has 0 fully saturated rings. The van der Waals surface area contributed by atoms with E-state index in [1.165, 1.54) is 18.0 Å². The van der Waals surface area contributed by atoms with E-state index < -0.39 is 12.0 Å². The lowest BCUT2D eigenvalue weighted by Gasteiger charge is -2.16. The summed E-state index contributed by atoms with van der Waals surface area (Å²) >= 11 is 1.47. The molecule has 2 N–H and O–H groups in total. The van der Waals surface area contributed by atoms with Crippen molar-refractivity contribution in [1.29, 1.82) is 0 Å². The summed E-state index contributed by atoms with van der Waals surface area (Å²) in [6, 6.07) is -0.624.